The molecule has 1 atom stereocenters. The summed E-state index contributed by atoms with van der Waals surface area (Å²) in [5.41, 5.74) is 1.55. The van der Waals surface area contributed by atoms with Crippen LogP contribution in [0.25, 0.3) is 0 Å². The highest BCUT2D eigenvalue weighted by Crippen LogP contribution is 2.21. The second kappa shape index (κ2) is 7.19. The van der Waals surface area contributed by atoms with Gasteiger partial charge in [0.2, 0.25) is 5.89 Å². The summed E-state index contributed by atoms with van der Waals surface area (Å²) in [6.07, 6.45) is 1.66. The predicted molar refractivity (Wildman–Crippen MR) is 88.4 cm³/mol. The molecule has 23 heavy (non-hydrogen) atoms. The summed E-state index contributed by atoms with van der Waals surface area (Å²) in [5, 5.41) is 10.7. The molecule has 0 fully saturated rings. The molecule has 3 aromatic rings. The zero-order chi connectivity index (χ0) is 16.1. The van der Waals surface area contributed by atoms with Crippen LogP contribution in [0.2, 0.25) is 0 Å². The van der Waals surface area contributed by atoms with Gasteiger partial charge in [-0.2, -0.15) is 16.3 Å². The van der Waals surface area contributed by atoms with Crippen LogP contribution in [0.5, 0.6) is 0 Å². The van der Waals surface area contributed by atoms with Gasteiger partial charge in [-0.3, -0.25) is 4.79 Å². The molecule has 0 saturated heterocycles. The summed E-state index contributed by atoms with van der Waals surface area (Å²) in [6, 6.07) is 11.0. The Morgan fingerprint density at radius 3 is 2.83 bits per heavy atom. The van der Waals surface area contributed by atoms with E-state index in [0.29, 0.717) is 17.3 Å². The molecular formula is C17H17N3O2S. The van der Waals surface area contributed by atoms with Crippen molar-refractivity contribution in [2.24, 2.45) is 0 Å². The van der Waals surface area contributed by atoms with E-state index in [2.05, 4.69) is 22.4 Å². The zero-order valence-corrected chi connectivity index (χ0v) is 13.5. The van der Waals surface area contributed by atoms with Gasteiger partial charge in [-0.25, -0.2) is 0 Å². The molecular weight excluding hydrogens is 310 g/mol. The van der Waals surface area contributed by atoms with Crippen LogP contribution in [0.3, 0.4) is 0 Å². The number of carbonyl (C=O) groups is 1. The Bertz CT molecular complexity index is 753. The van der Waals surface area contributed by atoms with E-state index in [1.165, 1.54) is 11.3 Å². The third-order valence-corrected chi connectivity index (χ3v) is 4.08. The molecule has 1 amide bonds. The van der Waals surface area contributed by atoms with Gasteiger partial charge in [-0.15, -0.1) is 0 Å². The van der Waals surface area contributed by atoms with E-state index in [4.69, 9.17) is 4.52 Å². The fourth-order valence-electron chi connectivity index (χ4n) is 2.25. The van der Waals surface area contributed by atoms with E-state index in [1.807, 2.05) is 41.1 Å². The largest absolute Gasteiger partial charge is 0.339 e. The van der Waals surface area contributed by atoms with E-state index in [1.54, 1.807) is 6.07 Å². The second-order valence-electron chi connectivity index (χ2n) is 5.13. The Labute approximate surface area is 138 Å². The lowest BCUT2D eigenvalue weighted by Crippen LogP contribution is -2.29. The maximum Gasteiger partial charge on any atom is 0.252 e. The molecule has 0 aliphatic rings. The Morgan fingerprint density at radius 2 is 2.13 bits per heavy atom. The van der Waals surface area contributed by atoms with E-state index >= 15 is 0 Å². The first kappa shape index (κ1) is 15.4. The number of hydrogen-bond acceptors (Lipinski definition) is 5. The summed E-state index contributed by atoms with van der Waals surface area (Å²) in [5.74, 6) is 0.915. The van der Waals surface area contributed by atoms with Crippen LogP contribution < -0.4 is 5.32 Å². The Kier molecular flexibility index (Phi) is 4.83. The zero-order valence-electron chi connectivity index (χ0n) is 12.7. The molecule has 6 heteroatoms. The number of nitrogens with one attached hydrogen (secondary N) is 1. The number of amides is 1. The number of thiophene rings is 1. The molecule has 0 spiro atoms. The number of nitrogens with zero attached hydrogens (tertiary/aromatic N) is 2. The van der Waals surface area contributed by atoms with Crippen LogP contribution in [-0.2, 0) is 6.42 Å². The maximum atomic E-state index is 12.4. The molecule has 2 aromatic heterocycles. The topological polar surface area (TPSA) is 68.0 Å². The minimum Gasteiger partial charge on any atom is -0.339 e. The van der Waals surface area contributed by atoms with E-state index < -0.39 is 6.04 Å². The first-order valence-corrected chi connectivity index (χ1v) is 8.42. The van der Waals surface area contributed by atoms with Gasteiger partial charge in [0.15, 0.2) is 5.82 Å². The highest BCUT2D eigenvalue weighted by atomic mass is 32.1. The number of aromatic nitrogens is 2. The average Bonchev–Trinajstić information content (AvgIpc) is 3.25. The molecule has 0 aliphatic heterocycles. The lowest BCUT2D eigenvalue weighted by molar-refractivity contribution is 0.0941. The Morgan fingerprint density at radius 1 is 1.30 bits per heavy atom. The third-order valence-electron chi connectivity index (χ3n) is 3.40. The van der Waals surface area contributed by atoms with Gasteiger partial charge < -0.3 is 9.84 Å². The first-order valence-electron chi connectivity index (χ1n) is 7.48. The van der Waals surface area contributed by atoms with Crippen LogP contribution in [0.1, 0.15) is 47.0 Å². The van der Waals surface area contributed by atoms with Gasteiger partial charge >= 0.3 is 0 Å². The fourth-order valence-corrected chi connectivity index (χ4v) is 2.89. The predicted octanol–water partition coefficient (Wildman–Crippen LogP) is 3.60. The molecule has 5 nitrogen and oxygen atoms in total. The minimum absolute atomic E-state index is 0.151. The van der Waals surface area contributed by atoms with E-state index in [9.17, 15) is 4.79 Å². The number of carbonyl (C=O) groups excluding carboxylic acids is 1. The van der Waals surface area contributed by atoms with Gasteiger partial charge in [0.05, 0.1) is 5.56 Å². The molecule has 0 aliphatic carbocycles. The smallest absolute Gasteiger partial charge is 0.252 e. The van der Waals surface area contributed by atoms with Crippen molar-refractivity contribution in [3.05, 3.63) is 70.0 Å². The maximum absolute atomic E-state index is 12.4. The lowest BCUT2D eigenvalue weighted by atomic mass is 10.1. The molecule has 0 bridgehead atoms. The van der Waals surface area contributed by atoms with Crippen molar-refractivity contribution in [3.8, 4) is 0 Å². The van der Waals surface area contributed by atoms with Gasteiger partial charge in [-0.1, -0.05) is 42.4 Å². The molecule has 0 saturated carbocycles. The summed E-state index contributed by atoms with van der Waals surface area (Å²) >= 11 is 1.49. The highest BCUT2D eigenvalue weighted by molar-refractivity contribution is 7.08. The van der Waals surface area contributed by atoms with Gasteiger partial charge in [0.25, 0.3) is 5.91 Å². The summed E-state index contributed by atoms with van der Waals surface area (Å²) in [6.45, 7) is 2.05. The number of rotatable bonds is 6. The highest BCUT2D eigenvalue weighted by Gasteiger charge is 2.23. The molecule has 2 heterocycles. The van der Waals surface area contributed by atoms with Crippen molar-refractivity contribution in [2.75, 3.05) is 0 Å². The van der Waals surface area contributed by atoms with Crippen molar-refractivity contribution in [1.29, 1.82) is 0 Å². The van der Waals surface area contributed by atoms with Crippen LogP contribution >= 0.6 is 11.3 Å². The minimum atomic E-state index is -0.432. The van der Waals surface area contributed by atoms with Crippen molar-refractivity contribution < 1.29 is 9.32 Å². The van der Waals surface area contributed by atoms with Crippen molar-refractivity contribution >= 4 is 17.2 Å². The molecule has 0 radical (unpaired) electrons. The fraction of sp³-hybridized carbons (Fsp3) is 0.235. The van der Waals surface area contributed by atoms with E-state index in [0.717, 1.165) is 18.4 Å². The third kappa shape index (κ3) is 3.65. The van der Waals surface area contributed by atoms with Crippen LogP contribution in [0.15, 0.2) is 51.7 Å². The van der Waals surface area contributed by atoms with Crippen molar-refractivity contribution in [2.45, 2.75) is 25.8 Å². The normalized spacial score (nSPS) is 12.0. The average molecular weight is 327 g/mol. The van der Waals surface area contributed by atoms with Crippen molar-refractivity contribution in [3.63, 3.8) is 0 Å². The van der Waals surface area contributed by atoms with Crippen molar-refractivity contribution in [1.82, 2.24) is 15.5 Å². The van der Waals surface area contributed by atoms with Crippen LogP contribution in [-0.4, -0.2) is 16.0 Å². The Hall–Kier alpha value is -2.47. The lowest BCUT2D eigenvalue weighted by Gasteiger charge is -2.15. The second-order valence-corrected chi connectivity index (χ2v) is 5.91. The SMILES string of the molecule is CCCc1nc(C(NC(=O)c2ccsc2)c2ccccc2)no1. The summed E-state index contributed by atoms with van der Waals surface area (Å²) in [4.78, 5) is 16.8. The molecule has 118 valence electrons. The Balaban J connectivity index is 1.88. The van der Waals surface area contributed by atoms with E-state index in [-0.39, 0.29) is 5.91 Å². The van der Waals surface area contributed by atoms with Crippen LogP contribution in [0, 0.1) is 0 Å². The van der Waals surface area contributed by atoms with Gasteiger partial charge in [0, 0.05) is 11.8 Å². The molecule has 3 rings (SSSR count). The molecule has 1 unspecified atom stereocenters. The molecule has 1 N–H and O–H groups in total. The number of aryl methyl sites for hydroxylation is 1. The number of benzene rings is 1. The standard InChI is InChI=1S/C17H17N3O2S/c1-2-6-14-18-16(20-22-14)15(12-7-4-3-5-8-12)19-17(21)13-9-10-23-11-13/h3-5,7-11,15H,2,6H2,1H3,(H,19,21). The van der Waals surface area contributed by atoms with Gasteiger partial charge in [-0.05, 0) is 23.4 Å². The monoisotopic (exact) mass is 327 g/mol. The summed E-state index contributed by atoms with van der Waals surface area (Å²) in [7, 11) is 0. The summed E-state index contributed by atoms with van der Waals surface area (Å²) < 4.78 is 5.27. The molecule has 1 aromatic carbocycles. The quantitative estimate of drug-likeness (QED) is 0.751. The van der Waals surface area contributed by atoms with Gasteiger partial charge in [0.1, 0.15) is 6.04 Å². The van der Waals surface area contributed by atoms with Crippen LogP contribution in [0.4, 0.5) is 0 Å². The number of hydrogen-bond donors (Lipinski definition) is 1. The first-order chi connectivity index (χ1) is 11.3.